The van der Waals surface area contributed by atoms with Gasteiger partial charge in [0.25, 0.3) is 0 Å². The summed E-state index contributed by atoms with van der Waals surface area (Å²) >= 11 is 0. The average molecular weight is 496 g/mol. The van der Waals surface area contributed by atoms with Gasteiger partial charge in [0.2, 0.25) is 0 Å². The maximum absolute atomic E-state index is 5.64. The van der Waals surface area contributed by atoms with Gasteiger partial charge in [-0.05, 0) is 50.1 Å². The van der Waals surface area contributed by atoms with Crippen LogP contribution in [0.5, 0.6) is 5.75 Å². The van der Waals surface area contributed by atoms with Crippen molar-refractivity contribution in [2.45, 2.75) is 45.3 Å². The van der Waals surface area contributed by atoms with Crippen LogP contribution in [0.1, 0.15) is 41.4 Å². The zero-order valence-corrected chi connectivity index (χ0v) is 21.6. The molecular weight excluding hydrogens is 462 g/mol. The number of methoxy groups -OCH3 is 1. The van der Waals surface area contributed by atoms with Crippen LogP contribution in [0.4, 0.5) is 0 Å². The third-order valence-corrected chi connectivity index (χ3v) is 7.45. The van der Waals surface area contributed by atoms with E-state index in [4.69, 9.17) is 14.5 Å². The van der Waals surface area contributed by atoms with Gasteiger partial charge in [0.15, 0.2) is 5.82 Å². The fourth-order valence-electron chi connectivity index (χ4n) is 5.46. The Kier molecular flexibility index (Phi) is 6.72. The molecule has 7 nitrogen and oxygen atoms in total. The van der Waals surface area contributed by atoms with Gasteiger partial charge in [-0.25, -0.2) is 15.0 Å². The minimum absolute atomic E-state index is 0.452. The van der Waals surface area contributed by atoms with Gasteiger partial charge in [-0.15, -0.1) is 0 Å². The summed E-state index contributed by atoms with van der Waals surface area (Å²) in [4.78, 5) is 17.1. The van der Waals surface area contributed by atoms with Crippen LogP contribution in [0, 0.1) is 6.92 Å². The van der Waals surface area contributed by atoms with E-state index in [9.17, 15) is 0 Å². The summed E-state index contributed by atoms with van der Waals surface area (Å²) in [5.41, 5.74) is 6.90. The molecule has 0 atom stereocenters. The van der Waals surface area contributed by atoms with Crippen molar-refractivity contribution in [3.63, 3.8) is 0 Å². The Balaban J connectivity index is 1.25. The van der Waals surface area contributed by atoms with E-state index in [2.05, 4.69) is 56.7 Å². The topological polar surface area (TPSA) is 65.3 Å². The van der Waals surface area contributed by atoms with E-state index < -0.39 is 0 Å². The number of imidazole rings is 1. The molecule has 1 saturated heterocycles. The van der Waals surface area contributed by atoms with Crippen LogP contribution >= 0.6 is 0 Å². The van der Waals surface area contributed by atoms with Crippen LogP contribution in [-0.4, -0.2) is 51.3 Å². The van der Waals surface area contributed by atoms with Crippen molar-refractivity contribution in [3.8, 4) is 28.4 Å². The first-order valence-electron chi connectivity index (χ1n) is 13.1. The minimum atomic E-state index is 0.452. The van der Waals surface area contributed by atoms with Crippen molar-refractivity contribution in [1.82, 2.24) is 24.4 Å². The van der Waals surface area contributed by atoms with E-state index in [-0.39, 0.29) is 0 Å². The molecule has 2 aromatic heterocycles. The number of hydrogen-bond donors (Lipinski definition) is 0. The molecule has 0 aliphatic carbocycles. The summed E-state index contributed by atoms with van der Waals surface area (Å²) in [6, 6.07) is 16.6. The van der Waals surface area contributed by atoms with Crippen molar-refractivity contribution in [3.05, 3.63) is 83.6 Å². The monoisotopic (exact) mass is 495 g/mol. The lowest BCUT2D eigenvalue weighted by Crippen LogP contribution is -2.34. The van der Waals surface area contributed by atoms with Gasteiger partial charge in [-0.2, -0.15) is 0 Å². The zero-order chi connectivity index (χ0) is 25.2. The van der Waals surface area contributed by atoms with Crippen LogP contribution in [0.25, 0.3) is 22.6 Å². The lowest BCUT2D eigenvalue weighted by molar-refractivity contribution is 0.0821. The molecule has 4 heterocycles. The fraction of sp³-hybridized carbons (Fsp3) is 0.367. The Bertz CT molecular complexity index is 1360. The number of nitrogens with zero attached hydrogens (tertiary/aromatic N) is 5. The fourth-order valence-corrected chi connectivity index (χ4v) is 5.46. The largest absolute Gasteiger partial charge is 0.497 e. The summed E-state index contributed by atoms with van der Waals surface area (Å²) < 4.78 is 13.5. The second kappa shape index (κ2) is 10.4. The maximum atomic E-state index is 5.64. The molecule has 1 fully saturated rings. The van der Waals surface area contributed by atoms with Crippen molar-refractivity contribution >= 4 is 0 Å². The molecule has 7 heteroatoms. The molecule has 2 aliphatic heterocycles. The molecule has 0 radical (unpaired) electrons. The molecular formula is C30H33N5O2. The predicted molar refractivity (Wildman–Crippen MR) is 143 cm³/mol. The molecule has 2 aromatic carbocycles. The summed E-state index contributed by atoms with van der Waals surface area (Å²) in [6.07, 6.45) is 6.00. The molecule has 0 bridgehead atoms. The van der Waals surface area contributed by atoms with Gasteiger partial charge in [-0.1, -0.05) is 23.8 Å². The van der Waals surface area contributed by atoms with Gasteiger partial charge in [0, 0.05) is 74.4 Å². The lowest BCUT2D eigenvalue weighted by Gasteiger charge is -2.31. The first-order chi connectivity index (χ1) is 18.2. The molecule has 0 N–H and O–H groups in total. The van der Waals surface area contributed by atoms with Crippen LogP contribution in [-0.2, 0) is 24.4 Å². The van der Waals surface area contributed by atoms with Crippen molar-refractivity contribution in [2.75, 3.05) is 26.9 Å². The minimum Gasteiger partial charge on any atom is -0.497 e. The number of fused-ring (bicyclic) bond motifs is 1. The second-order valence-corrected chi connectivity index (χ2v) is 10.0. The summed E-state index contributed by atoms with van der Waals surface area (Å²) in [7, 11) is 1.70. The number of rotatable bonds is 6. The first kappa shape index (κ1) is 23.8. The molecule has 4 aromatic rings. The van der Waals surface area contributed by atoms with E-state index in [0.29, 0.717) is 5.92 Å². The molecule has 190 valence electrons. The molecule has 0 amide bonds. The molecule has 6 rings (SSSR count). The number of aromatic nitrogens is 4. The molecule has 37 heavy (non-hydrogen) atoms. The third kappa shape index (κ3) is 5.02. The number of ether oxygens (including phenoxy) is 2. The van der Waals surface area contributed by atoms with Gasteiger partial charge >= 0.3 is 0 Å². The van der Waals surface area contributed by atoms with Crippen LogP contribution in [0.3, 0.4) is 0 Å². The lowest BCUT2D eigenvalue weighted by atomic mass is 9.99. The second-order valence-electron chi connectivity index (χ2n) is 10.0. The van der Waals surface area contributed by atoms with E-state index in [1.165, 1.54) is 17.1 Å². The Labute approximate surface area is 218 Å². The molecule has 0 spiro atoms. The number of hydrogen-bond acceptors (Lipinski definition) is 6. The summed E-state index contributed by atoms with van der Waals surface area (Å²) in [5.74, 6) is 3.30. The van der Waals surface area contributed by atoms with Crippen LogP contribution in [0.15, 0.2) is 60.9 Å². The van der Waals surface area contributed by atoms with Crippen molar-refractivity contribution in [1.29, 1.82) is 0 Å². The standard InChI is InChI=1S/C30H33N5O2/c1-21-4-3-5-25(16-21)29-31-17-22(18-32-29)19-34-12-13-35-27(20-34)28(23-6-8-26(36-2)9-7-23)33-30(35)24-10-14-37-15-11-24/h3-9,16-18,24H,10-15,19-20H2,1-2H3. The van der Waals surface area contributed by atoms with E-state index in [0.717, 1.165) is 86.2 Å². The van der Waals surface area contributed by atoms with Crippen LogP contribution in [0.2, 0.25) is 0 Å². The van der Waals surface area contributed by atoms with Gasteiger partial charge in [-0.3, -0.25) is 4.90 Å². The maximum Gasteiger partial charge on any atom is 0.159 e. The highest BCUT2D eigenvalue weighted by molar-refractivity contribution is 5.64. The number of aryl methyl sites for hydroxylation is 1. The molecule has 0 unspecified atom stereocenters. The Morgan fingerprint density at radius 3 is 2.49 bits per heavy atom. The van der Waals surface area contributed by atoms with Gasteiger partial charge in [0.1, 0.15) is 11.6 Å². The quantitative estimate of drug-likeness (QED) is 0.365. The van der Waals surface area contributed by atoms with Crippen LogP contribution < -0.4 is 4.74 Å². The molecule has 0 saturated carbocycles. The highest BCUT2D eigenvalue weighted by atomic mass is 16.5. The summed E-state index contributed by atoms with van der Waals surface area (Å²) in [6.45, 7) is 7.29. The van der Waals surface area contributed by atoms with E-state index in [1.807, 2.05) is 30.6 Å². The smallest absolute Gasteiger partial charge is 0.159 e. The Morgan fingerprint density at radius 1 is 0.973 bits per heavy atom. The Morgan fingerprint density at radius 2 is 1.76 bits per heavy atom. The zero-order valence-electron chi connectivity index (χ0n) is 21.6. The van der Waals surface area contributed by atoms with Crippen molar-refractivity contribution in [2.24, 2.45) is 0 Å². The normalized spacial score (nSPS) is 16.5. The average Bonchev–Trinajstić information content (AvgIpc) is 3.33. The third-order valence-electron chi connectivity index (χ3n) is 7.45. The Hall–Kier alpha value is -3.55. The summed E-state index contributed by atoms with van der Waals surface area (Å²) in [5, 5.41) is 0. The van der Waals surface area contributed by atoms with E-state index >= 15 is 0 Å². The highest BCUT2D eigenvalue weighted by Gasteiger charge is 2.29. The van der Waals surface area contributed by atoms with E-state index in [1.54, 1.807) is 7.11 Å². The molecule has 2 aliphatic rings. The highest BCUT2D eigenvalue weighted by Crippen LogP contribution is 2.35. The van der Waals surface area contributed by atoms with Gasteiger partial charge in [0.05, 0.1) is 18.5 Å². The first-order valence-corrected chi connectivity index (χ1v) is 13.1. The SMILES string of the molecule is COc1ccc(-c2nc(C3CCOCC3)n3c2CN(Cc2cnc(-c4cccc(C)c4)nc2)CC3)cc1. The van der Waals surface area contributed by atoms with Crippen molar-refractivity contribution < 1.29 is 9.47 Å². The number of benzene rings is 2. The van der Waals surface area contributed by atoms with Gasteiger partial charge < -0.3 is 14.0 Å². The predicted octanol–water partition coefficient (Wildman–Crippen LogP) is 5.23.